The van der Waals surface area contributed by atoms with Gasteiger partial charge >= 0.3 is 0 Å². The number of rotatable bonds is 2. The van der Waals surface area contributed by atoms with Gasteiger partial charge in [-0.2, -0.15) is 0 Å². The van der Waals surface area contributed by atoms with Gasteiger partial charge in [0.15, 0.2) is 0 Å². The Labute approximate surface area is 118 Å². The first kappa shape index (κ1) is 11.8. The Balaban J connectivity index is 2.93. The SMILES string of the molecule is ClCc1ccc(C(I)(I)I)cc1. The summed E-state index contributed by atoms with van der Waals surface area (Å²) in [4.78, 5) is 0. The summed E-state index contributed by atoms with van der Waals surface area (Å²) in [5.41, 5.74) is 2.49. The van der Waals surface area contributed by atoms with Crippen molar-refractivity contribution in [2.24, 2.45) is 0 Å². The smallest absolute Gasteiger partial charge is 0.122 e. The summed E-state index contributed by atoms with van der Waals surface area (Å²) in [6.07, 6.45) is 0. The molecule has 0 unspecified atom stereocenters. The molecule has 1 aromatic rings. The van der Waals surface area contributed by atoms with Crippen LogP contribution >= 0.6 is 79.4 Å². The van der Waals surface area contributed by atoms with E-state index in [4.69, 9.17) is 11.6 Å². The summed E-state index contributed by atoms with van der Waals surface area (Å²) in [6.45, 7) is 0. The maximum Gasteiger partial charge on any atom is 0.149 e. The molecule has 0 aliphatic rings. The molecule has 0 spiro atoms. The molecule has 12 heavy (non-hydrogen) atoms. The second-order valence-corrected chi connectivity index (χ2v) is 13.6. The Hall–Kier alpha value is 1.70. The van der Waals surface area contributed by atoms with Crippen LogP contribution in [0.1, 0.15) is 11.1 Å². The Bertz CT molecular complexity index is 250. The van der Waals surface area contributed by atoms with Gasteiger partial charge in [0, 0.05) is 5.88 Å². The van der Waals surface area contributed by atoms with Crippen LogP contribution in [0.3, 0.4) is 0 Å². The van der Waals surface area contributed by atoms with Gasteiger partial charge in [-0.05, 0) is 78.9 Å². The monoisotopic (exact) mass is 518 g/mol. The van der Waals surface area contributed by atoms with Gasteiger partial charge in [0.25, 0.3) is 0 Å². The Morgan fingerprint density at radius 1 is 1.08 bits per heavy atom. The summed E-state index contributed by atoms with van der Waals surface area (Å²) < 4.78 is 0.151. The molecule has 0 saturated carbocycles. The van der Waals surface area contributed by atoms with Crippen molar-refractivity contribution in [1.29, 1.82) is 0 Å². The predicted molar refractivity (Wildman–Crippen MR) is 79.7 cm³/mol. The van der Waals surface area contributed by atoms with Crippen LogP contribution in [0.4, 0.5) is 0 Å². The molecule has 1 rings (SSSR count). The van der Waals surface area contributed by atoms with E-state index >= 15 is 0 Å². The lowest BCUT2D eigenvalue weighted by Gasteiger charge is -2.12. The minimum absolute atomic E-state index is 0.151. The van der Waals surface area contributed by atoms with E-state index in [0.717, 1.165) is 0 Å². The van der Waals surface area contributed by atoms with Crippen molar-refractivity contribution < 1.29 is 0 Å². The zero-order valence-electron chi connectivity index (χ0n) is 6.03. The van der Waals surface area contributed by atoms with Crippen molar-refractivity contribution in [1.82, 2.24) is 0 Å². The highest BCUT2D eigenvalue weighted by atomic mass is 127. The molecule has 0 aromatic heterocycles. The lowest BCUT2D eigenvalue weighted by molar-refractivity contribution is 1.34. The topological polar surface area (TPSA) is 0 Å². The second kappa shape index (κ2) is 4.97. The molecular weight excluding hydrogens is 512 g/mol. The summed E-state index contributed by atoms with van der Waals surface area (Å²) in [6, 6.07) is 8.41. The summed E-state index contributed by atoms with van der Waals surface area (Å²) in [5, 5.41) is 0. The van der Waals surface area contributed by atoms with Crippen molar-refractivity contribution in [3.05, 3.63) is 35.4 Å². The Morgan fingerprint density at radius 2 is 1.58 bits per heavy atom. The summed E-state index contributed by atoms with van der Waals surface area (Å²) in [7, 11) is 0. The van der Waals surface area contributed by atoms with Crippen LogP contribution in [0.25, 0.3) is 0 Å². The lowest BCUT2D eigenvalue weighted by Crippen LogP contribution is -1.96. The van der Waals surface area contributed by atoms with E-state index in [1.807, 2.05) is 0 Å². The highest BCUT2D eigenvalue weighted by molar-refractivity contribution is 14.3. The van der Waals surface area contributed by atoms with Crippen molar-refractivity contribution >= 4 is 79.4 Å². The molecule has 4 heteroatoms. The van der Waals surface area contributed by atoms with E-state index in [1.54, 1.807) is 0 Å². The van der Waals surface area contributed by atoms with E-state index in [-0.39, 0.29) is -0.565 Å². The van der Waals surface area contributed by atoms with Gasteiger partial charge in [-0.25, -0.2) is 0 Å². The van der Waals surface area contributed by atoms with Crippen LogP contribution in [-0.2, 0) is 5.32 Å². The fourth-order valence-corrected chi connectivity index (χ4v) is 2.04. The number of benzene rings is 1. The van der Waals surface area contributed by atoms with Crippen LogP contribution in [-0.4, -0.2) is 0 Å². The molecule has 0 fully saturated rings. The first-order valence-corrected chi connectivity index (χ1v) is 7.03. The average Bonchev–Trinajstić information content (AvgIpc) is 2.03. The molecule has 0 atom stereocenters. The minimum atomic E-state index is 0.151. The molecule has 0 heterocycles. The average molecular weight is 518 g/mol. The highest BCUT2D eigenvalue weighted by Crippen LogP contribution is 2.45. The van der Waals surface area contributed by atoms with Crippen LogP contribution < -0.4 is 0 Å². The van der Waals surface area contributed by atoms with Gasteiger partial charge in [0.2, 0.25) is 0 Å². The third-order valence-corrected chi connectivity index (χ3v) is 3.61. The lowest BCUT2D eigenvalue weighted by atomic mass is 10.2. The van der Waals surface area contributed by atoms with Crippen molar-refractivity contribution in [2.75, 3.05) is 0 Å². The molecule has 0 aliphatic heterocycles. The zero-order chi connectivity index (χ0) is 9.19. The Kier molecular flexibility index (Phi) is 4.88. The normalized spacial score (nSPS) is 11.7. The molecule has 0 amide bonds. The predicted octanol–water partition coefficient (Wildman–Crippen LogP) is 4.84. The fourth-order valence-electron chi connectivity index (χ4n) is 0.783. The van der Waals surface area contributed by atoms with Gasteiger partial charge < -0.3 is 0 Å². The van der Waals surface area contributed by atoms with Gasteiger partial charge in [-0.15, -0.1) is 11.6 Å². The Morgan fingerprint density at radius 3 is 1.92 bits per heavy atom. The van der Waals surface area contributed by atoms with Gasteiger partial charge in [0.05, 0.1) is 0 Å². The minimum Gasteiger partial charge on any atom is -0.122 e. The zero-order valence-corrected chi connectivity index (χ0v) is 13.3. The van der Waals surface area contributed by atoms with Gasteiger partial charge in [0.1, 0.15) is -0.565 Å². The molecule has 66 valence electrons. The number of hydrogen-bond donors (Lipinski definition) is 0. The molecule has 1 aromatic carbocycles. The molecule has 0 N–H and O–H groups in total. The van der Waals surface area contributed by atoms with Gasteiger partial charge in [-0.3, -0.25) is 0 Å². The van der Waals surface area contributed by atoms with E-state index in [0.29, 0.717) is 5.88 Å². The molecule has 0 bridgehead atoms. The second-order valence-electron chi connectivity index (χ2n) is 2.33. The molecular formula is C8H6ClI3. The fraction of sp³-hybridized carbons (Fsp3) is 0.250. The summed E-state index contributed by atoms with van der Waals surface area (Å²) in [5.74, 6) is 0.594. The van der Waals surface area contributed by atoms with E-state index in [1.165, 1.54) is 11.1 Å². The van der Waals surface area contributed by atoms with E-state index in [9.17, 15) is 0 Å². The maximum atomic E-state index is 5.69. The van der Waals surface area contributed by atoms with E-state index in [2.05, 4.69) is 92.0 Å². The third kappa shape index (κ3) is 3.45. The van der Waals surface area contributed by atoms with Crippen molar-refractivity contribution in [3.63, 3.8) is 0 Å². The molecule has 0 radical (unpaired) electrons. The highest BCUT2D eigenvalue weighted by Gasteiger charge is 2.19. The maximum absolute atomic E-state index is 5.69. The largest absolute Gasteiger partial charge is 0.149 e. The number of alkyl halides is 4. The molecule has 0 aliphatic carbocycles. The van der Waals surface area contributed by atoms with Gasteiger partial charge in [-0.1, -0.05) is 24.3 Å². The quantitative estimate of drug-likeness (QED) is 0.389. The third-order valence-electron chi connectivity index (χ3n) is 1.44. The first-order chi connectivity index (χ1) is 5.54. The van der Waals surface area contributed by atoms with Crippen LogP contribution in [0, 0.1) is 0 Å². The van der Waals surface area contributed by atoms with E-state index < -0.39 is 0 Å². The van der Waals surface area contributed by atoms with Crippen LogP contribution in [0.2, 0.25) is 0 Å². The molecule has 0 nitrogen and oxygen atoms in total. The van der Waals surface area contributed by atoms with Crippen LogP contribution in [0.5, 0.6) is 0 Å². The summed E-state index contributed by atoms with van der Waals surface area (Å²) >= 11 is 12.9. The number of hydrogen-bond acceptors (Lipinski definition) is 0. The van der Waals surface area contributed by atoms with Crippen molar-refractivity contribution in [3.8, 4) is 0 Å². The molecule has 0 saturated heterocycles. The standard InChI is InChI=1S/C8H6ClI3/c9-5-6-1-3-7(4-2-6)8(10,11)12/h1-4H,5H2. The number of halogens is 4. The van der Waals surface area contributed by atoms with Crippen molar-refractivity contribution in [2.45, 2.75) is 5.32 Å². The van der Waals surface area contributed by atoms with Crippen LogP contribution in [0.15, 0.2) is 24.3 Å². The first-order valence-electron chi connectivity index (χ1n) is 3.26.